The quantitative estimate of drug-likeness (QED) is 0.611. The van der Waals surface area contributed by atoms with Gasteiger partial charge in [-0.25, -0.2) is 12.8 Å². The number of nitrogens with one attached hydrogen (secondary N) is 1. The van der Waals surface area contributed by atoms with E-state index >= 15 is 0 Å². The molecule has 1 N–H and O–H groups in total. The van der Waals surface area contributed by atoms with Crippen molar-refractivity contribution in [2.24, 2.45) is 0 Å². The summed E-state index contributed by atoms with van der Waals surface area (Å²) in [6, 6.07) is 10.7. The predicted octanol–water partition coefficient (Wildman–Crippen LogP) is 3.79. The van der Waals surface area contributed by atoms with Gasteiger partial charge in [-0.1, -0.05) is 35.1 Å². The standard InChI is InChI=1S/C18H16ClFN4O3S2/c1-11(24(29(2,26)27)15-9-7-14(20)8-10-15)16(25)21-18-23-22-17(28-18)12-3-5-13(19)6-4-12/h3-11H,1-2H3,(H,21,23,25)/t11-/m1/s1. The zero-order valence-corrected chi connectivity index (χ0v) is 17.7. The fourth-order valence-corrected chi connectivity index (χ4v) is 4.64. The molecule has 7 nitrogen and oxygen atoms in total. The fourth-order valence-electron chi connectivity index (χ4n) is 2.59. The molecule has 0 aliphatic carbocycles. The maximum Gasteiger partial charge on any atom is 0.249 e. The largest absolute Gasteiger partial charge is 0.299 e. The average molecular weight is 455 g/mol. The Balaban J connectivity index is 1.80. The molecule has 11 heteroatoms. The van der Waals surface area contributed by atoms with Crippen molar-refractivity contribution in [1.82, 2.24) is 10.2 Å². The molecule has 0 fully saturated rings. The van der Waals surface area contributed by atoms with Crippen LogP contribution in [0.4, 0.5) is 15.2 Å². The van der Waals surface area contributed by atoms with Gasteiger partial charge in [-0.2, -0.15) is 0 Å². The van der Waals surface area contributed by atoms with E-state index in [2.05, 4.69) is 15.5 Å². The van der Waals surface area contributed by atoms with Crippen LogP contribution in [0.15, 0.2) is 48.5 Å². The van der Waals surface area contributed by atoms with Crippen LogP contribution in [-0.4, -0.2) is 36.8 Å². The summed E-state index contributed by atoms with van der Waals surface area (Å²) >= 11 is 7.01. The van der Waals surface area contributed by atoms with Crippen LogP contribution in [0.5, 0.6) is 0 Å². The monoisotopic (exact) mass is 454 g/mol. The van der Waals surface area contributed by atoms with E-state index in [1.165, 1.54) is 19.1 Å². The molecule has 0 aliphatic rings. The van der Waals surface area contributed by atoms with E-state index in [0.29, 0.717) is 10.0 Å². The predicted molar refractivity (Wildman–Crippen MR) is 112 cm³/mol. The summed E-state index contributed by atoms with van der Waals surface area (Å²) in [5.74, 6) is -1.11. The van der Waals surface area contributed by atoms with E-state index in [4.69, 9.17) is 11.6 Å². The summed E-state index contributed by atoms with van der Waals surface area (Å²) in [5, 5.41) is 11.9. The van der Waals surface area contributed by atoms with Crippen LogP contribution in [0.3, 0.4) is 0 Å². The second kappa shape index (κ2) is 8.44. The molecule has 2 aromatic carbocycles. The van der Waals surface area contributed by atoms with Crippen LogP contribution in [0.1, 0.15) is 6.92 Å². The SMILES string of the molecule is C[C@H](C(=O)Nc1nnc(-c2ccc(Cl)cc2)s1)N(c1ccc(F)cc1)S(C)(=O)=O. The number of nitrogens with zero attached hydrogens (tertiary/aromatic N) is 3. The van der Waals surface area contributed by atoms with E-state index in [1.54, 1.807) is 24.3 Å². The van der Waals surface area contributed by atoms with Gasteiger partial charge in [0.1, 0.15) is 16.9 Å². The van der Waals surface area contributed by atoms with Crippen LogP contribution in [-0.2, 0) is 14.8 Å². The third-order valence-electron chi connectivity index (χ3n) is 3.92. The third kappa shape index (κ3) is 5.08. The number of sulfonamides is 1. The van der Waals surface area contributed by atoms with Gasteiger partial charge >= 0.3 is 0 Å². The Morgan fingerprint density at radius 2 is 1.76 bits per heavy atom. The van der Waals surface area contributed by atoms with Crippen LogP contribution >= 0.6 is 22.9 Å². The molecule has 1 amide bonds. The maximum atomic E-state index is 13.2. The first-order valence-electron chi connectivity index (χ1n) is 8.30. The molecule has 3 aromatic rings. The first-order valence-corrected chi connectivity index (χ1v) is 11.3. The number of carbonyl (C=O) groups is 1. The molecular formula is C18H16ClFN4O3S2. The van der Waals surface area contributed by atoms with Gasteiger partial charge < -0.3 is 0 Å². The summed E-state index contributed by atoms with van der Waals surface area (Å²) < 4.78 is 38.6. The molecule has 0 unspecified atom stereocenters. The van der Waals surface area contributed by atoms with Crippen molar-refractivity contribution in [3.63, 3.8) is 0 Å². The number of aromatic nitrogens is 2. The lowest BCUT2D eigenvalue weighted by Gasteiger charge is -2.27. The second-order valence-corrected chi connectivity index (χ2v) is 9.39. The lowest BCUT2D eigenvalue weighted by molar-refractivity contribution is -0.116. The third-order valence-corrected chi connectivity index (χ3v) is 6.30. The van der Waals surface area contributed by atoms with Crippen LogP contribution in [0, 0.1) is 5.82 Å². The minimum absolute atomic E-state index is 0.177. The van der Waals surface area contributed by atoms with Crippen LogP contribution in [0.25, 0.3) is 10.6 Å². The van der Waals surface area contributed by atoms with Gasteiger partial charge in [0, 0.05) is 10.6 Å². The van der Waals surface area contributed by atoms with Gasteiger partial charge in [-0.15, -0.1) is 10.2 Å². The van der Waals surface area contributed by atoms with E-state index < -0.39 is 27.8 Å². The Labute approximate surface area is 176 Å². The molecule has 1 atom stereocenters. The highest BCUT2D eigenvalue weighted by Gasteiger charge is 2.29. The summed E-state index contributed by atoms with van der Waals surface area (Å²) in [6.45, 7) is 1.43. The van der Waals surface area contributed by atoms with E-state index in [9.17, 15) is 17.6 Å². The highest BCUT2D eigenvalue weighted by atomic mass is 35.5. The number of benzene rings is 2. The van der Waals surface area contributed by atoms with Crippen molar-refractivity contribution < 1.29 is 17.6 Å². The average Bonchev–Trinajstić information content (AvgIpc) is 3.11. The number of carbonyl (C=O) groups excluding carboxylic acids is 1. The minimum Gasteiger partial charge on any atom is -0.299 e. The number of halogens is 2. The number of rotatable bonds is 6. The fraction of sp³-hybridized carbons (Fsp3) is 0.167. The van der Waals surface area contributed by atoms with Gasteiger partial charge in [-0.3, -0.25) is 14.4 Å². The van der Waals surface area contributed by atoms with Crippen molar-refractivity contribution in [3.05, 3.63) is 59.4 Å². The van der Waals surface area contributed by atoms with Gasteiger partial charge in [0.2, 0.25) is 21.1 Å². The lowest BCUT2D eigenvalue weighted by Crippen LogP contribution is -2.45. The Kier molecular flexibility index (Phi) is 6.15. The van der Waals surface area contributed by atoms with E-state index in [0.717, 1.165) is 39.6 Å². The topological polar surface area (TPSA) is 92.3 Å². The zero-order chi connectivity index (χ0) is 21.2. The normalized spacial score (nSPS) is 12.4. The molecule has 1 heterocycles. The molecule has 0 aliphatic heterocycles. The Hall–Kier alpha value is -2.56. The minimum atomic E-state index is -3.80. The molecule has 152 valence electrons. The summed E-state index contributed by atoms with van der Waals surface area (Å²) in [6.07, 6.45) is 0.976. The second-order valence-electron chi connectivity index (χ2n) is 6.12. The van der Waals surface area contributed by atoms with E-state index in [-0.39, 0.29) is 10.8 Å². The molecule has 0 saturated carbocycles. The molecule has 0 radical (unpaired) electrons. The summed E-state index contributed by atoms with van der Waals surface area (Å²) in [4.78, 5) is 12.7. The molecule has 0 saturated heterocycles. The number of anilines is 2. The van der Waals surface area contributed by atoms with Gasteiger partial charge in [0.05, 0.1) is 11.9 Å². The molecule has 29 heavy (non-hydrogen) atoms. The molecular weight excluding hydrogens is 439 g/mol. The van der Waals surface area contributed by atoms with Crippen molar-refractivity contribution in [2.45, 2.75) is 13.0 Å². The highest BCUT2D eigenvalue weighted by Crippen LogP contribution is 2.28. The maximum absolute atomic E-state index is 13.2. The van der Waals surface area contributed by atoms with Crippen LogP contribution < -0.4 is 9.62 Å². The first-order chi connectivity index (χ1) is 13.6. The summed E-state index contributed by atoms with van der Waals surface area (Å²) in [5.41, 5.74) is 0.959. The van der Waals surface area contributed by atoms with E-state index in [1.807, 2.05) is 0 Å². The van der Waals surface area contributed by atoms with Crippen molar-refractivity contribution in [3.8, 4) is 10.6 Å². The Bertz CT molecular complexity index is 1120. The number of hydrogen-bond donors (Lipinski definition) is 1. The van der Waals surface area contributed by atoms with Crippen molar-refractivity contribution in [2.75, 3.05) is 15.9 Å². The lowest BCUT2D eigenvalue weighted by atomic mass is 10.2. The molecule has 1 aromatic heterocycles. The van der Waals surface area contributed by atoms with Gasteiger partial charge in [0.25, 0.3) is 0 Å². The molecule has 0 spiro atoms. The van der Waals surface area contributed by atoms with Crippen molar-refractivity contribution in [1.29, 1.82) is 0 Å². The zero-order valence-electron chi connectivity index (χ0n) is 15.3. The molecule has 3 rings (SSSR count). The smallest absolute Gasteiger partial charge is 0.249 e. The summed E-state index contributed by atoms with van der Waals surface area (Å²) in [7, 11) is -3.80. The van der Waals surface area contributed by atoms with Gasteiger partial charge in [-0.05, 0) is 43.3 Å². The Morgan fingerprint density at radius 1 is 1.14 bits per heavy atom. The first kappa shape index (κ1) is 21.2. The van der Waals surface area contributed by atoms with Crippen LogP contribution in [0.2, 0.25) is 5.02 Å². The molecule has 0 bridgehead atoms. The Morgan fingerprint density at radius 3 is 2.34 bits per heavy atom. The number of hydrogen-bond acceptors (Lipinski definition) is 6. The van der Waals surface area contributed by atoms with Crippen molar-refractivity contribution >= 4 is 49.7 Å². The van der Waals surface area contributed by atoms with Gasteiger partial charge in [0.15, 0.2) is 0 Å². The number of amides is 1. The highest BCUT2D eigenvalue weighted by molar-refractivity contribution is 7.92.